The van der Waals surface area contributed by atoms with Crippen molar-refractivity contribution < 1.29 is 12.8 Å². The number of sulfonamides is 1. The van der Waals surface area contributed by atoms with Crippen LogP contribution in [0.15, 0.2) is 53.4 Å². The van der Waals surface area contributed by atoms with Gasteiger partial charge in [0.2, 0.25) is 10.0 Å². The van der Waals surface area contributed by atoms with Crippen LogP contribution < -0.4 is 4.72 Å². The zero-order valence-corrected chi connectivity index (χ0v) is 17.6. The van der Waals surface area contributed by atoms with Gasteiger partial charge in [-0.1, -0.05) is 43.2 Å². The number of unbranched alkanes of at least 4 members (excludes halogenated alkanes) is 3. The number of nitrogens with one attached hydrogen (secondary N) is 1. The number of hydrogen-bond acceptors (Lipinski definition) is 3. The van der Waals surface area contributed by atoms with Crippen LogP contribution in [0.5, 0.6) is 0 Å². The lowest BCUT2D eigenvalue weighted by Gasteiger charge is -2.28. The maximum Gasteiger partial charge on any atom is 0.240 e. The third-order valence-electron chi connectivity index (χ3n) is 5.01. The largest absolute Gasteiger partial charge is 0.299 e. The van der Waals surface area contributed by atoms with Gasteiger partial charge < -0.3 is 0 Å². The summed E-state index contributed by atoms with van der Waals surface area (Å²) in [5.41, 5.74) is 2.91. The molecule has 1 N–H and O–H groups in total. The first kappa shape index (κ1) is 22.8. The Morgan fingerprint density at radius 2 is 1.71 bits per heavy atom. The summed E-state index contributed by atoms with van der Waals surface area (Å²) in [6.07, 6.45) is 5.10. The molecular formula is C21H28ClFN2O2S. The number of halogens is 2. The highest BCUT2D eigenvalue weighted by Gasteiger charge is 2.15. The summed E-state index contributed by atoms with van der Waals surface area (Å²) < 4.78 is 39.9. The average Bonchev–Trinajstić information content (AvgIpc) is 2.67. The monoisotopic (exact) mass is 426 g/mol. The van der Waals surface area contributed by atoms with Gasteiger partial charge in [0.15, 0.2) is 0 Å². The first-order valence-corrected chi connectivity index (χ1v) is 11.1. The van der Waals surface area contributed by atoms with E-state index in [2.05, 4.69) is 33.9 Å². The molecule has 0 atom stereocenters. The summed E-state index contributed by atoms with van der Waals surface area (Å²) >= 11 is 0. The molecule has 0 amide bonds. The normalized spacial score (nSPS) is 14.3. The fraction of sp³-hybridized carbons (Fsp3) is 0.429. The van der Waals surface area contributed by atoms with Crippen LogP contribution in [0.2, 0.25) is 0 Å². The SMILES string of the molecule is Cl.O=S(=O)(NCCCCCCN1CCc2ccccc2C1)c1cccc(F)c1. The molecule has 3 rings (SSSR count). The van der Waals surface area contributed by atoms with Gasteiger partial charge in [-0.25, -0.2) is 17.5 Å². The zero-order chi connectivity index (χ0) is 19.1. The maximum absolute atomic E-state index is 13.2. The van der Waals surface area contributed by atoms with Gasteiger partial charge in [-0.15, -0.1) is 12.4 Å². The lowest BCUT2D eigenvalue weighted by Crippen LogP contribution is -2.31. The highest BCUT2D eigenvalue weighted by Crippen LogP contribution is 2.19. The van der Waals surface area contributed by atoms with Crippen LogP contribution in [-0.4, -0.2) is 33.0 Å². The van der Waals surface area contributed by atoms with Crippen LogP contribution >= 0.6 is 12.4 Å². The maximum atomic E-state index is 13.2. The Bertz CT molecular complexity index is 861. The zero-order valence-electron chi connectivity index (χ0n) is 15.9. The lowest BCUT2D eigenvalue weighted by atomic mass is 10.00. The number of fused-ring (bicyclic) bond motifs is 1. The second kappa shape index (κ2) is 10.9. The van der Waals surface area contributed by atoms with Gasteiger partial charge >= 0.3 is 0 Å². The Morgan fingerprint density at radius 1 is 0.964 bits per heavy atom. The molecule has 28 heavy (non-hydrogen) atoms. The van der Waals surface area contributed by atoms with Crippen molar-refractivity contribution in [2.75, 3.05) is 19.6 Å². The smallest absolute Gasteiger partial charge is 0.240 e. The Morgan fingerprint density at radius 3 is 2.50 bits per heavy atom. The molecule has 2 aromatic rings. The van der Waals surface area contributed by atoms with E-state index in [4.69, 9.17) is 0 Å². The molecule has 2 aromatic carbocycles. The first-order valence-electron chi connectivity index (χ1n) is 9.59. The second-order valence-electron chi connectivity index (χ2n) is 7.06. The molecule has 154 valence electrons. The minimum absolute atomic E-state index is 0. The van der Waals surface area contributed by atoms with E-state index in [0.29, 0.717) is 6.54 Å². The molecule has 1 aliphatic heterocycles. The fourth-order valence-electron chi connectivity index (χ4n) is 3.48. The van der Waals surface area contributed by atoms with E-state index < -0.39 is 15.8 Å². The number of rotatable bonds is 9. The summed E-state index contributed by atoms with van der Waals surface area (Å²) in [6.45, 7) is 3.62. The predicted molar refractivity (Wildman–Crippen MR) is 113 cm³/mol. The molecule has 0 radical (unpaired) electrons. The van der Waals surface area contributed by atoms with Crippen LogP contribution in [0, 0.1) is 5.82 Å². The molecule has 1 heterocycles. The summed E-state index contributed by atoms with van der Waals surface area (Å²) in [7, 11) is -3.62. The molecule has 0 aliphatic carbocycles. The van der Waals surface area contributed by atoms with Crippen molar-refractivity contribution in [3.8, 4) is 0 Å². The molecule has 0 saturated carbocycles. The third kappa shape index (κ3) is 6.55. The Hall–Kier alpha value is -1.47. The fourth-order valence-corrected chi connectivity index (χ4v) is 4.59. The summed E-state index contributed by atoms with van der Waals surface area (Å²) in [4.78, 5) is 2.47. The van der Waals surface area contributed by atoms with Gasteiger partial charge in [0, 0.05) is 19.6 Å². The minimum atomic E-state index is -3.62. The van der Waals surface area contributed by atoms with Crippen molar-refractivity contribution in [2.45, 2.75) is 43.5 Å². The standard InChI is InChI=1S/C21H27FN2O2S.ClH/c22-20-10-7-11-21(16-20)27(25,26)23-13-5-1-2-6-14-24-15-12-18-8-3-4-9-19(18)17-24;/h3-4,7-11,16,23H,1-2,5-6,12-15,17H2;1H. The molecule has 7 heteroatoms. The summed E-state index contributed by atoms with van der Waals surface area (Å²) in [6, 6.07) is 13.7. The van der Waals surface area contributed by atoms with E-state index in [1.807, 2.05) is 0 Å². The predicted octanol–water partition coefficient (Wildman–Crippen LogP) is 4.14. The molecule has 0 bridgehead atoms. The summed E-state index contributed by atoms with van der Waals surface area (Å²) in [5.74, 6) is -0.543. The molecule has 0 unspecified atom stereocenters. The van der Waals surface area contributed by atoms with E-state index in [-0.39, 0.29) is 17.3 Å². The van der Waals surface area contributed by atoms with Crippen molar-refractivity contribution >= 4 is 22.4 Å². The van der Waals surface area contributed by atoms with Gasteiger partial charge in [0.25, 0.3) is 0 Å². The van der Waals surface area contributed by atoms with Crippen molar-refractivity contribution in [1.29, 1.82) is 0 Å². The molecular weight excluding hydrogens is 399 g/mol. The molecule has 0 fully saturated rings. The molecule has 1 aliphatic rings. The van der Waals surface area contributed by atoms with Crippen LogP contribution in [0.4, 0.5) is 4.39 Å². The quantitative estimate of drug-likeness (QED) is 0.613. The molecule has 0 aromatic heterocycles. The van der Waals surface area contributed by atoms with Gasteiger partial charge in [-0.05, 0) is 55.1 Å². The highest BCUT2D eigenvalue weighted by molar-refractivity contribution is 7.89. The third-order valence-corrected chi connectivity index (χ3v) is 6.47. The first-order chi connectivity index (χ1) is 13.0. The highest BCUT2D eigenvalue weighted by atomic mass is 35.5. The topological polar surface area (TPSA) is 49.4 Å². The second-order valence-corrected chi connectivity index (χ2v) is 8.83. The van der Waals surface area contributed by atoms with Crippen LogP contribution in [0.25, 0.3) is 0 Å². The number of hydrogen-bond donors (Lipinski definition) is 1. The molecule has 4 nitrogen and oxygen atoms in total. The minimum Gasteiger partial charge on any atom is -0.299 e. The number of nitrogens with zero attached hydrogens (tertiary/aromatic N) is 1. The van der Waals surface area contributed by atoms with Gasteiger partial charge in [0.05, 0.1) is 4.90 Å². The van der Waals surface area contributed by atoms with E-state index in [9.17, 15) is 12.8 Å². The molecule has 0 spiro atoms. The van der Waals surface area contributed by atoms with Crippen molar-refractivity contribution in [1.82, 2.24) is 9.62 Å². The van der Waals surface area contributed by atoms with Gasteiger partial charge in [-0.3, -0.25) is 4.90 Å². The Labute approximate surface area is 173 Å². The van der Waals surface area contributed by atoms with Crippen molar-refractivity contribution in [2.24, 2.45) is 0 Å². The average molecular weight is 427 g/mol. The van der Waals surface area contributed by atoms with Crippen LogP contribution in [-0.2, 0) is 23.0 Å². The molecule has 0 saturated heterocycles. The Balaban J connectivity index is 0.00000280. The van der Waals surface area contributed by atoms with Gasteiger partial charge in [-0.2, -0.15) is 0 Å². The van der Waals surface area contributed by atoms with E-state index in [1.165, 1.54) is 29.3 Å². The van der Waals surface area contributed by atoms with Crippen LogP contribution in [0.1, 0.15) is 36.8 Å². The van der Waals surface area contributed by atoms with Crippen LogP contribution in [0.3, 0.4) is 0 Å². The van der Waals surface area contributed by atoms with Crippen molar-refractivity contribution in [3.05, 3.63) is 65.5 Å². The van der Waals surface area contributed by atoms with Crippen molar-refractivity contribution in [3.63, 3.8) is 0 Å². The van der Waals surface area contributed by atoms with E-state index in [1.54, 1.807) is 0 Å². The van der Waals surface area contributed by atoms with E-state index >= 15 is 0 Å². The lowest BCUT2D eigenvalue weighted by molar-refractivity contribution is 0.248. The summed E-state index contributed by atoms with van der Waals surface area (Å²) in [5, 5.41) is 0. The Kier molecular flexibility index (Phi) is 8.89. The van der Waals surface area contributed by atoms with E-state index in [0.717, 1.165) is 57.8 Å². The van der Waals surface area contributed by atoms with Gasteiger partial charge in [0.1, 0.15) is 5.82 Å². The number of benzene rings is 2.